The highest BCUT2D eigenvalue weighted by Crippen LogP contribution is 2.45. The predicted molar refractivity (Wildman–Crippen MR) is 126 cm³/mol. The number of nitrogens with zero attached hydrogens (tertiary/aromatic N) is 2. The maximum Gasteiger partial charge on any atom is 0.422 e. The average Bonchev–Trinajstić information content (AvgIpc) is 2.92. The SMILES string of the molecule is CCOc1ccc2c(c1)C(c1cccc(OC)c1Cl)O[C@@H](CC(N)=O)C(=NC)N2C(N)C(F)(F)F. The number of carbonyl (C=O) groups is 1. The average molecular weight is 515 g/mol. The first-order valence-corrected chi connectivity index (χ1v) is 11.0. The molecule has 190 valence electrons. The zero-order valence-electron chi connectivity index (χ0n) is 19.3. The van der Waals surface area contributed by atoms with Crippen LogP contribution in [0.4, 0.5) is 18.9 Å². The minimum atomic E-state index is -4.84. The number of halogens is 4. The minimum Gasteiger partial charge on any atom is -0.495 e. The molecule has 0 fully saturated rings. The van der Waals surface area contributed by atoms with Crippen LogP contribution in [-0.2, 0) is 9.53 Å². The monoisotopic (exact) mass is 514 g/mol. The molecule has 2 aromatic carbocycles. The largest absolute Gasteiger partial charge is 0.495 e. The fraction of sp³-hybridized carbons (Fsp3) is 0.391. The zero-order valence-corrected chi connectivity index (χ0v) is 20.1. The second kappa shape index (κ2) is 10.7. The van der Waals surface area contributed by atoms with E-state index < -0.39 is 36.9 Å². The Morgan fingerprint density at radius 2 is 2.00 bits per heavy atom. The zero-order chi connectivity index (χ0) is 25.9. The van der Waals surface area contributed by atoms with Crippen LogP contribution in [0, 0.1) is 0 Å². The molecule has 1 aliphatic rings. The number of benzene rings is 2. The van der Waals surface area contributed by atoms with Crippen LogP contribution in [0.15, 0.2) is 41.4 Å². The van der Waals surface area contributed by atoms with Crippen LogP contribution in [-0.4, -0.2) is 51.0 Å². The number of hydrogen-bond acceptors (Lipinski definition) is 6. The number of anilines is 1. The molecule has 0 bridgehead atoms. The summed E-state index contributed by atoms with van der Waals surface area (Å²) in [6, 6.07) is 9.45. The van der Waals surface area contributed by atoms with Crippen LogP contribution < -0.4 is 25.8 Å². The first-order chi connectivity index (χ1) is 16.5. The number of methoxy groups -OCH3 is 1. The molecule has 35 heavy (non-hydrogen) atoms. The van der Waals surface area contributed by atoms with Gasteiger partial charge >= 0.3 is 6.18 Å². The number of amidine groups is 1. The first-order valence-electron chi connectivity index (χ1n) is 10.6. The topological polar surface area (TPSA) is 112 Å². The second-order valence-corrected chi connectivity index (χ2v) is 8.01. The van der Waals surface area contributed by atoms with Crippen molar-refractivity contribution in [1.29, 1.82) is 0 Å². The minimum absolute atomic E-state index is 0.0646. The van der Waals surface area contributed by atoms with Gasteiger partial charge in [-0.3, -0.25) is 9.79 Å². The van der Waals surface area contributed by atoms with E-state index in [1.807, 2.05) is 0 Å². The van der Waals surface area contributed by atoms with Gasteiger partial charge in [0.2, 0.25) is 5.91 Å². The third-order valence-electron chi connectivity index (χ3n) is 5.41. The summed E-state index contributed by atoms with van der Waals surface area (Å²) >= 11 is 6.58. The number of nitrogens with two attached hydrogens (primary N) is 2. The van der Waals surface area contributed by atoms with Crippen molar-refractivity contribution in [2.75, 3.05) is 25.7 Å². The Labute approximate surface area is 205 Å². The second-order valence-electron chi connectivity index (χ2n) is 7.63. The maximum atomic E-state index is 13.9. The number of carbonyl (C=O) groups excluding carboxylic acids is 1. The van der Waals surface area contributed by atoms with Crippen molar-refractivity contribution in [3.63, 3.8) is 0 Å². The maximum absolute atomic E-state index is 13.9. The van der Waals surface area contributed by atoms with E-state index in [4.69, 9.17) is 37.3 Å². The molecule has 2 aromatic rings. The number of amides is 1. The van der Waals surface area contributed by atoms with Crippen LogP contribution in [0.25, 0.3) is 0 Å². The summed E-state index contributed by atoms with van der Waals surface area (Å²) in [4.78, 5) is 16.7. The summed E-state index contributed by atoms with van der Waals surface area (Å²) < 4.78 is 58.9. The number of rotatable bonds is 7. The molecule has 3 rings (SSSR count). The Hall–Kier alpha value is -3.02. The molecule has 0 aromatic heterocycles. The number of alkyl halides is 3. The Balaban J connectivity index is 2.36. The molecule has 1 heterocycles. The van der Waals surface area contributed by atoms with E-state index in [9.17, 15) is 18.0 Å². The Kier molecular flexibility index (Phi) is 8.14. The first kappa shape index (κ1) is 26.6. The molecular weight excluding hydrogens is 489 g/mol. The summed E-state index contributed by atoms with van der Waals surface area (Å²) in [7, 11) is 2.72. The van der Waals surface area contributed by atoms with Crippen LogP contribution in [0.5, 0.6) is 11.5 Å². The molecule has 0 spiro atoms. The Morgan fingerprint density at radius 1 is 1.29 bits per heavy atom. The smallest absolute Gasteiger partial charge is 0.422 e. The summed E-state index contributed by atoms with van der Waals surface area (Å²) in [5.74, 6) is -0.282. The van der Waals surface area contributed by atoms with E-state index >= 15 is 0 Å². The molecule has 8 nitrogen and oxygen atoms in total. The highest BCUT2D eigenvalue weighted by Gasteiger charge is 2.47. The van der Waals surface area contributed by atoms with Gasteiger partial charge in [-0.15, -0.1) is 0 Å². The van der Waals surface area contributed by atoms with Gasteiger partial charge in [0.25, 0.3) is 0 Å². The molecule has 0 radical (unpaired) electrons. The van der Waals surface area contributed by atoms with E-state index in [1.165, 1.54) is 26.3 Å². The van der Waals surface area contributed by atoms with Crippen LogP contribution in [0.1, 0.15) is 30.6 Å². The molecule has 2 unspecified atom stereocenters. The molecule has 1 amide bonds. The fourth-order valence-electron chi connectivity index (χ4n) is 3.94. The number of aliphatic imine (C=N–C) groups is 1. The highest BCUT2D eigenvalue weighted by molar-refractivity contribution is 6.33. The van der Waals surface area contributed by atoms with Crippen molar-refractivity contribution in [1.82, 2.24) is 0 Å². The van der Waals surface area contributed by atoms with Crippen LogP contribution >= 0.6 is 11.6 Å². The van der Waals surface area contributed by atoms with Crippen molar-refractivity contribution >= 4 is 29.0 Å². The van der Waals surface area contributed by atoms with E-state index in [0.717, 1.165) is 4.90 Å². The normalized spacial score (nSPS) is 20.2. The van der Waals surface area contributed by atoms with Gasteiger partial charge in [0.1, 0.15) is 29.5 Å². The van der Waals surface area contributed by atoms with Crippen molar-refractivity contribution in [2.45, 2.75) is 37.9 Å². The molecule has 0 saturated carbocycles. The van der Waals surface area contributed by atoms with Crippen molar-refractivity contribution in [3.8, 4) is 11.5 Å². The Morgan fingerprint density at radius 3 is 2.57 bits per heavy atom. The lowest BCUT2D eigenvalue weighted by atomic mass is 9.98. The van der Waals surface area contributed by atoms with Gasteiger partial charge in [-0.1, -0.05) is 23.7 Å². The molecule has 0 saturated heterocycles. The van der Waals surface area contributed by atoms with Crippen molar-refractivity contribution < 1.29 is 32.2 Å². The summed E-state index contributed by atoms with van der Waals surface area (Å²) in [6.45, 7) is 2.09. The van der Waals surface area contributed by atoms with E-state index in [-0.39, 0.29) is 22.1 Å². The summed E-state index contributed by atoms with van der Waals surface area (Å²) in [6.07, 6.45) is -10.1. The van der Waals surface area contributed by atoms with Gasteiger partial charge in [-0.2, -0.15) is 13.2 Å². The highest BCUT2D eigenvalue weighted by atomic mass is 35.5. The molecule has 12 heteroatoms. The molecule has 0 aliphatic carbocycles. The fourth-order valence-corrected chi connectivity index (χ4v) is 4.24. The van der Waals surface area contributed by atoms with Gasteiger partial charge in [-0.25, -0.2) is 0 Å². The van der Waals surface area contributed by atoms with Crippen molar-refractivity contribution in [3.05, 3.63) is 52.5 Å². The van der Waals surface area contributed by atoms with E-state index in [1.54, 1.807) is 31.2 Å². The summed E-state index contributed by atoms with van der Waals surface area (Å²) in [5, 5.41) is 0.189. The molecule has 1 aliphatic heterocycles. The molecule has 4 N–H and O–H groups in total. The van der Waals surface area contributed by atoms with E-state index in [0.29, 0.717) is 23.7 Å². The lowest BCUT2D eigenvalue weighted by Gasteiger charge is -2.34. The number of fused-ring (bicyclic) bond motifs is 1. The van der Waals surface area contributed by atoms with Crippen LogP contribution in [0.2, 0.25) is 5.02 Å². The van der Waals surface area contributed by atoms with Gasteiger partial charge in [0.05, 0.1) is 30.8 Å². The van der Waals surface area contributed by atoms with Crippen molar-refractivity contribution in [2.24, 2.45) is 16.5 Å². The van der Waals surface area contributed by atoms with Gasteiger partial charge in [-0.05, 0) is 31.2 Å². The van der Waals surface area contributed by atoms with Crippen LogP contribution in [0.3, 0.4) is 0 Å². The number of ether oxygens (including phenoxy) is 3. The predicted octanol–water partition coefficient (Wildman–Crippen LogP) is 3.79. The Bertz CT molecular complexity index is 1110. The standard InChI is InChI=1S/C23H26ClF3N4O4/c1-4-34-12-8-9-15-14(10-12)20(13-6-5-7-16(33-3)19(13)24)35-17(11-18(28)32)21(30-2)31(15)22(29)23(25,26)27/h5-10,17,20,22H,4,11,29H2,1-3H3,(H2,28,32)/t17-,20?,22?/m0/s1. The van der Waals surface area contributed by atoms with Gasteiger partial charge in [0.15, 0.2) is 6.17 Å². The number of primary amides is 1. The quantitative estimate of drug-likeness (QED) is 0.581. The lowest BCUT2D eigenvalue weighted by molar-refractivity contribution is -0.145. The lowest BCUT2D eigenvalue weighted by Crippen LogP contribution is -2.57. The third-order valence-corrected chi connectivity index (χ3v) is 5.82. The van der Waals surface area contributed by atoms with Gasteiger partial charge < -0.3 is 30.6 Å². The summed E-state index contributed by atoms with van der Waals surface area (Å²) in [5.41, 5.74) is 11.8. The molecule has 3 atom stereocenters. The number of hydrogen-bond donors (Lipinski definition) is 2. The molecular formula is C23H26ClF3N4O4. The van der Waals surface area contributed by atoms with Gasteiger partial charge in [0, 0.05) is 18.2 Å². The third kappa shape index (κ3) is 5.47. The van der Waals surface area contributed by atoms with E-state index in [2.05, 4.69) is 4.99 Å².